The first-order chi connectivity index (χ1) is 14.0. The summed E-state index contributed by atoms with van der Waals surface area (Å²) >= 11 is 1.36. The second-order valence-corrected chi connectivity index (χ2v) is 7.27. The molecule has 0 aliphatic heterocycles. The van der Waals surface area contributed by atoms with Crippen molar-refractivity contribution in [2.45, 2.75) is 25.5 Å². The fourth-order valence-electron chi connectivity index (χ4n) is 2.84. The first kappa shape index (κ1) is 20.7. The lowest BCUT2D eigenvalue weighted by Gasteiger charge is -2.11. The van der Waals surface area contributed by atoms with Gasteiger partial charge in [-0.25, -0.2) is 0 Å². The van der Waals surface area contributed by atoms with E-state index in [4.69, 9.17) is 9.47 Å². The predicted molar refractivity (Wildman–Crippen MR) is 115 cm³/mol. The molecule has 0 fully saturated rings. The number of methoxy groups -OCH3 is 2. The number of aromatic nitrogens is 3. The molecule has 0 saturated carbocycles. The van der Waals surface area contributed by atoms with Crippen LogP contribution in [-0.2, 0) is 11.3 Å². The maximum absolute atomic E-state index is 12.4. The number of nitrogens with zero attached hydrogens (tertiary/aromatic N) is 3. The maximum Gasteiger partial charge on any atom is 0.234 e. The molecule has 3 aromatic rings. The van der Waals surface area contributed by atoms with E-state index in [1.54, 1.807) is 32.4 Å². The number of thioether (sulfide) groups is 1. The summed E-state index contributed by atoms with van der Waals surface area (Å²) in [7, 11) is 3.13. The number of carbonyl (C=O) groups is 1. The van der Waals surface area contributed by atoms with Crippen molar-refractivity contribution in [3.63, 3.8) is 0 Å². The second kappa shape index (κ2) is 9.47. The van der Waals surface area contributed by atoms with E-state index < -0.39 is 0 Å². The Morgan fingerprint density at radius 1 is 1.07 bits per heavy atom. The smallest absolute Gasteiger partial charge is 0.234 e. The van der Waals surface area contributed by atoms with Crippen LogP contribution in [0.5, 0.6) is 11.5 Å². The van der Waals surface area contributed by atoms with Gasteiger partial charge in [0.05, 0.1) is 20.0 Å². The molecular weight excluding hydrogens is 388 g/mol. The fraction of sp³-hybridized carbons (Fsp3) is 0.286. The van der Waals surface area contributed by atoms with Crippen LogP contribution in [0.1, 0.15) is 12.5 Å². The molecule has 0 aliphatic carbocycles. The van der Waals surface area contributed by atoms with Gasteiger partial charge in [0.2, 0.25) is 5.91 Å². The van der Waals surface area contributed by atoms with E-state index in [0.717, 1.165) is 17.9 Å². The van der Waals surface area contributed by atoms with Crippen LogP contribution >= 0.6 is 11.8 Å². The number of aryl methyl sites for hydroxylation is 1. The van der Waals surface area contributed by atoms with Gasteiger partial charge in [-0.3, -0.25) is 4.79 Å². The normalized spacial score (nSPS) is 10.6. The largest absolute Gasteiger partial charge is 0.493 e. The van der Waals surface area contributed by atoms with Gasteiger partial charge in [0, 0.05) is 23.9 Å². The molecule has 8 heteroatoms. The maximum atomic E-state index is 12.4. The summed E-state index contributed by atoms with van der Waals surface area (Å²) in [5.41, 5.74) is 2.84. The van der Waals surface area contributed by atoms with Crippen LogP contribution < -0.4 is 14.8 Å². The van der Waals surface area contributed by atoms with E-state index in [2.05, 4.69) is 15.5 Å². The topological polar surface area (TPSA) is 78.3 Å². The molecule has 0 atom stereocenters. The van der Waals surface area contributed by atoms with Crippen LogP contribution in [0.4, 0.5) is 5.69 Å². The standard InChI is InChI=1S/C21H24N4O3S/c1-5-25-20(15-8-6-14(2)7-9-15)23-24-21(25)29-13-19(26)22-16-10-11-17(27-3)18(12-16)28-4/h6-12H,5,13H2,1-4H3,(H,22,26). The molecule has 29 heavy (non-hydrogen) atoms. The lowest BCUT2D eigenvalue weighted by molar-refractivity contribution is -0.113. The number of benzene rings is 2. The summed E-state index contributed by atoms with van der Waals surface area (Å²) in [4.78, 5) is 12.4. The first-order valence-corrected chi connectivity index (χ1v) is 10.2. The van der Waals surface area contributed by atoms with E-state index in [1.165, 1.54) is 17.3 Å². The summed E-state index contributed by atoms with van der Waals surface area (Å²) in [6, 6.07) is 13.4. The van der Waals surface area contributed by atoms with Crippen LogP contribution in [-0.4, -0.2) is 40.6 Å². The van der Waals surface area contributed by atoms with Gasteiger partial charge < -0.3 is 19.4 Å². The van der Waals surface area contributed by atoms with E-state index in [0.29, 0.717) is 22.3 Å². The van der Waals surface area contributed by atoms with Gasteiger partial charge in [0.1, 0.15) is 0 Å². The molecule has 0 aliphatic rings. The number of nitrogens with one attached hydrogen (secondary N) is 1. The molecule has 1 aromatic heterocycles. The Hall–Kier alpha value is -3.00. The highest BCUT2D eigenvalue weighted by molar-refractivity contribution is 7.99. The molecule has 1 amide bonds. The van der Waals surface area contributed by atoms with E-state index >= 15 is 0 Å². The van der Waals surface area contributed by atoms with Crippen molar-refractivity contribution in [1.29, 1.82) is 0 Å². The van der Waals surface area contributed by atoms with Crippen LogP contribution in [0.2, 0.25) is 0 Å². The minimum atomic E-state index is -0.134. The Morgan fingerprint density at radius 2 is 1.79 bits per heavy atom. The molecule has 0 spiro atoms. The van der Waals surface area contributed by atoms with Gasteiger partial charge in [-0.2, -0.15) is 0 Å². The molecule has 2 aromatic carbocycles. The van der Waals surface area contributed by atoms with Crippen molar-refractivity contribution in [3.05, 3.63) is 48.0 Å². The third-order valence-electron chi connectivity index (χ3n) is 4.34. The highest BCUT2D eigenvalue weighted by Gasteiger charge is 2.15. The average Bonchev–Trinajstić information content (AvgIpc) is 3.15. The lowest BCUT2D eigenvalue weighted by atomic mass is 10.1. The molecule has 1 N–H and O–H groups in total. The molecule has 3 rings (SSSR count). The number of rotatable bonds is 8. The van der Waals surface area contributed by atoms with Gasteiger partial charge in [-0.1, -0.05) is 41.6 Å². The van der Waals surface area contributed by atoms with E-state index in [-0.39, 0.29) is 11.7 Å². The van der Waals surface area contributed by atoms with Crippen molar-refractivity contribution >= 4 is 23.4 Å². The Labute approximate surface area is 174 Å². The minimum Gasteiger partial charge on any atom is -0.493 e. The monoisotopic (exact) mass is 412 g/mol. The molecule has 7 nitrogen and oxygen atoms in total. The molecule has 0 unspecified atom stereocenters. The van der Waals surface area contributed by atoms with Gasteiger partial charge >= 0.3 is 0 Å². The fourth-order valence-corrected chi connectivity index (χ4v) is 3.64. The molecular formula is C21H24N4O3S. The number of amides is 1. The Kier molecular flexibility index (Phi) is 6.77. The van der Waals surface area contributed by atoms with Crippen molar-refractivity contribution in [2.24, 2.45) is 0 Å². The molecule has 0 saturated heterocycles. The Morgan fingerprint density at radius 3 is 2.45 bits per heavy atom. The van der Waals surface area contributed by atoms with Crippen molar-refractivity contribution in [2.75, 3.05) is 25.3 Å². The zero-order valence-electron chi connectivity index (χ0n) is 16.9. The van der Waals surface area contributed by atoms with Crippen molar-refractivity contribution in [1.82, 2.24) is 14.8 Å². The van der Waals surface area contributed by atoms with Crippen LogP contribution in [0, 0.1) is 6.92 Å². The minimum absolute atomic E-state index is 0.134. The van der Waals surface area contributed by atoms with Gasteiger partial charge in [-0.05, 0) is 26.0 Å². The Bertz CT molecular complexity index is 986. The number of anilines is 1. The predicted octanol–water partition coefficient (Wildman–Crippen LogP) is 4.02. The molecule has 152 valence electrons. The number of hydrogen-bond donors (Lipinski definition) is 1. The summed E-state index contributed by atoms with van der Waals surface area (Å²) in [6.45, 7) is 4.80. The van der Waals surface area contributed by atoms with Crippen molar-refractivity contribution in [3.8, 4) is 22.9 Å². The SMILES string of the molecule is CCn1c(SCC(=O)Nc2ccc(OC)c(OC)c2)nnc1-c1ccc(C)cc1. The molecule has 0 bridgehead atoms. The van der Waals surface area contributed by atoms with Crippen LogP contribution in [0.15, 0.2) is 47.6 Å². The summed E-state index contributed by atoms with van der Waals surface area (Å²) < 4.78 is 12.5. The van der Waals surface area contributed by atoms with Crippen LogP contribution in [0.25, 0.3) is 11.4 Å². The second-order valence-electron chi connectivity index (χ2n) is 6.32. The zero-order chi connectivity index (χ0) is 20.8. The summed E-state index contributed by atoms with van der Waals surface area (Å²) in [5, 5.41) is 12.2. The highest BCUT2D eigenvalue weighted by Crippen LogP contribution is 2.30. The lowest BCUT2D eigenvalue weighted by Crippen LogP contribution is -2.14. The third-order valence-corrected chi connectivity index (χ3v) is 5.31. The number of ether oxygens (including phenoxy) is 2. The first-order valence-electron chi connectivity index (χ1n) is 9.20. The van der Waals surface area contributed by atoms with E-state index in [1.807, 2.05) is 42.7 Å². The third kappa shape index (κ3) is 4.89. The number of carbonyl (C=O) groups excluding carboxylic acids is 1. The quantitative estimate of drug-likeness (QED) is 0.563. The average molecular weight is 413 g/mol. The molecule has 1 heterocycles. The van der Waals surface area contributed by atoms with Crippen LogP contribution in [0.3, 0.4) is 0 Å². The summed E-state index contributed by atoms with van der Waals surface area (Å²) in [6.07, 6.45) is 0. The Balaban J connectivity index is 1.67. The molecule has 0 radical (unpaired) electrons. The number of hydrogen-bond acceptors (Lipinski definition) is 6. The van der Waals surface area contributed by atoms with Gasteiger partial charge in [0.15, 0.2) is 22.5 Å². The highest BCUT2D eigenvalue weighted by atomic mass is 32.2. The van der Waals surface area contributed by atoms with Gasteiger partial charge in [-0.15, -0.1) is 10.2 Å². The van der Waals surface area contributed by atoms with Crippen molar-refractivity contribution < 1.29 is 14.3 Å². The van der Waals surface area contributed by atoms with Gasteiger partial charge in [0.25, 0.3) is 0 Å². The summed E-state index contributed by atoms with van der Waals surface area (Å²) in [5.74, 6) is 2.06. The zero-order valence-corrected chi connectivity index (χ0v) is 17.7. The van der Waals surface area contributed by atoms with E-state index in [9.17, 15) is 4.79 Å².